The van der Waals surface area contributed by atoms with Crippen LogP contribution in [0.5, 0.6) is 0 Å². The Labute approximate surface area is 148 Å². The maximum absolute atomic E-state index is 12.8. The Hall–Kier alpha value is -3.21. The Morgan fingerprint density at radius 2 is 1.46 bits per heavy atom. The average molecular weight is 350 g/mol. The van der Waals surface area contributed by atoms with Crippen LogP contribution in [0.25, 0.3) is 33.4 Å². The largest absolute Gasteiger partial charge is 0.416 e. The Balaban J connectivity index is 1.91. The van der Waals surface area contributed by atoms with E-state index < -0.39 is 11.7 Å². The minimum absolute atomic E-state index is 0.662. The van der Waals surface area contributed by atoms with Gasteiger partial charge in [0, 0.05) is 11.6 Å². The summed E-state index contributed by atoms with van der Waals surface area (Å²) in [6.07, 6.45) is -2.66. The van der Waals surface area contributed by atoms with Gasteiger partial charge in [-0.2, -0.15) is 13.2 Å². The van der Waals surface area contributed by atoms with Crippen LogP contribution in [0, 0.1) is 0 Å². The molecule has 0 spiro atoms. The van der Waals surface area contributed by atoms with E-state index in [2.05, 4.69) is 9.97 Å². The Kier molecular flexibility index (Phi) is 3.92. The highest BCUT2D eigenvalue weighted by atomic mass is 19.4. The van der Waals surface area contributed by atoms with E-state index in [1.54, 1.807) is 6.20 Å². The van der Waals surface area contributed by atoms with Gasteiger partial charge in [0.05, 0.1) is 22.5 Å². The number of halogens is 3. The molecule has 0 N–H and O–H groups in total. The van der Waals surface area contributed by atoms with Gasteiger partial charge < -0.3 is 0 Å². The summed E-state index contributed by atoms with van der Waals surface area (Å²) < 4.78 is 38.5. The van der Waals surface area contributed by atoms with Gasteiger partial charge in [-0.3, -0.25) is 4.98 Å². The first-order chi connectivity index (χ1) is 12.5. The van der Waals surface area contributed by atoms with Crippen LogP contribution < -0.4 is 0 Å². The van der Waals surface area contributed by atoms with Crippen molar-refractivity contribution in [2.45, 2.75) is 6.18 Å². The number of fused-ring (bicyclic) bond motifs is 1. The fraction of sp³-hybridized carbons (Fsp3) is 0.0476. The third-order valence-electron chi connectivity index (χ3n) is 4.17. The molecule has 2 heterocycles. The summed E-state index contributed by atoms with van der Waals surface area (Å²) in [5.41, 5.74) is 3.03. The highest BCUT2D eigenvalue weighted by Gasteiger charge is 2.30. The molecular weight excluding hydrogens is 337 g/mol. The molecule has 0 amide bonds. The molecule has 2 aromatic heterocycles. The fourth-order valence-corrected chi connectivity index (χ4v) is 2.90. The van der Waals surface area contributed by atoms with Crippen molar-refractivity contribution >= 4 is 10.9 Å². The first kappa shape index (κ1) is 16.3. The van der Waals surface area contributed by atoms with Crippen molar-refractivity contribution in [2.75, 3.05) is 0 Å². The molecule has 4 rings (SSSR count). The van der Waals surface area contributed by atoms with Gasteiger partial charge in [0.25, 0.3) is 0 Å². The third kappa shape index (κ3) is 3.04. The number of hydrogen-bond acceptors (Lipinski definition) is 2. The van der Waals surface area contributed by atoms with E-state index in [1.165, 1.54) is 12.1 Å². The molecule has 5 heteroatoms. The minimum Gasteiger partial charge on any atom is -0.255 e. The van der Waals surface area contributed by atoms with Gasteiger partial charge in [-0.25, -0.2) is 4.98 Å². The Morgan fingerprint density at radius 3 is 2.15 bits per heavy atom. The number of hydrogen-bond donors (Lipinski definition) is 0. The van der Waals surface area contributed by atoms with E-state index in [0.29, 0.717) is 17.0 Å². The monoisotopic (exact) mass is 350 g/mol. The number of aromatic nitrogens is 2. The summed E-state index contributed by atoms with van der Waals surface area (Å²) in [6.45, 7) is 0. The predicted molar refractivity (Wildman–Crippen MR) is 95.4 cm³/mol. The predicted octanol–water partition coefficient (Wildman–Crippen LogP) is 5.98. The van der Waals surface area contributed by atoms with Crippen LogP contribution in [-0.4, -0.2) is 9.97 Å². The van der Waals surface area contributed by atoms with Gasteiger partial charge >= 0.3 is 6.18 Å². The molecule has 0 aliphatic rings. The normalized spacial score (nSPS) is 11.7. The maximum Gasteiger partial charge on any atom is 0.416 e. The van der Waals surface area contributed by atoms with E-state index in [4.69, 9.17) is 0 Å². The van der Waals surface area contributed by atoms with Crippen LogP contribution in [0.1, 0.15) is 5.56 Å². The summed E-state index contributed by atoms with van der Waals surface area (Å²) in [7, 11) is 0. The van der Waals surface area contributed by atoms with Crippen molar-refractivity contribution in [3.63, 3.8) is 0 Å². The van der Waals surface area contributed by atoms with Gasteiger partial charge in [0.1, 0.15) is 0 Å². The second kappa shape index (κ2) is 6.26. The highest BCUT2D eigenvalue weighted by Crippen LogP contribution is 2.34. The number of alkyl halides is 3. The molecule has 0 bridgehead atoms. The van der Waals surface area contributed by atoms with Crippen LogP contribution in [0.3, 0.4) is 0 Å². The van der Waals surface area contributed by atoms with Gasteiger partial charge in [-0.15, -0.1) is 0 Å². The van der Waals surface area contributed by atoms with Gasteiger partial charge in [-0.1, -0.05) is 36.4 Å². The molecule has 2 nitrogen and oxygen atoms in total. The molecule has 0 saturated heterocycles. The van der Waals surface area contributed by atoms with E-state index in [9.17, 15) is 13.2 Å². The molecule has 128 valence electrons. The molecule has 0 saturated carbocycles. The Bertz CT molecular complexity index is 1060. The summed E-state index contributed by atoms with van der Waals surface area (Å²) in [5, 5.41) is 0.881. The van der Waals surface area contributed by atoms with Crippen molar-refractivity contribution < 1.29 is 13.2 Å². The molecule has 26 heavy (non-hydrogen) atoms. The van der Waals surface area contributed by atoms with Crippen molar-refractivity contribution in [2.24, 2.45) is 0 Å². The average Bonchev–Trinajstić information content (AvgIpc) is 2.67. The van der Waals surface area contributed by atoms with E-state index >= 15 is 0 Å². The zero-order chi connectivity index (χ0) is 18.1. The fourth-order valence-electron chi connectivity index (χ4n) is 2.90. The van der Waals surface area contributed by atoms with Crippen LogP contribution in [0.15, 0.2) is 79.0 Å². The molecule has 0 aliphatic heterocycles. The van der Waals surface area contributed by atoms with Crippen LogP contribution in [-0.2, 0) is 6.18 Å². The second-order valence-electron chi connectivity index (χ2n) is 5.86. The minimum atomic E-state index is -4.35. The zero-order valence-corrected chi connectivity index (χ0v) is 13.5. The van der Waals surface area contributed by atoms with Crippen LogP contribution in [0.4, 0.5) is 13.2 Å². The summed E-state index contributed by atoms with van der Waals surface area (Å²) >= 11 is 0. The van der Waals surface area contributed by atoms with Crippen LogP contribution >= 0.6 is 0 Å². The van der Waals surface area contributed by atoms with E-state index in [-0.39, 0.29) is 0 Å². The second-order valence-corrected chi connectivity index (χ2v) is 5.86. The smallest absolute Gasteiger partial charge is 0.255 e. The first-order valence-corrected chi connectivity index (χ1v) is 8.01. The lowest BCUT2D eigenvalue weighted by molar-refractivity contribution is -0.137. The number of para-hydroxylation sites is 1. The topological polar surface area (TPSA) is 25.8 Å². The summed E-state index contributed by atoms with van der Waals surface area (Å²) in [4.78, 5) is 8.97. The Morgan fingerprint density at radius 1 is 0.731 bits per heavy atom. The number of nitrogens with zero attached hydrogens (tertiary/aromatic N) is 2. The molecule has 0 atom stereocenters. The van der Waals surface area contributed by atoms with Crippen molar-refractivity contribution in [3.8, 4) is 22.5 Å². The quantitative estimate of drug-likeness (QED) is 0.444. The number of pyridine rings is 2. The van der Waals surface area contributed by atoms with Crippen LogP contribution in [0.2, 0.25) is 0 Å². The highest BCUT2D eigenvalue weighted by molar-refractivity contribution is 5.96. The maximum atomic E-state index is 12.8. The van der Waals surface area contributed by atoms with Crippen molar-refractivity contribution in [1.82, 2.24) is 9.97 Å². The van der Waals surface area contributed by atoms with E-state index in [0.717, 1.165) is 28.6 Å². The molecule has 0 radical (unpaired) electrons. The van der Waals surface area contributed by atoms with Gasteiger partial charge in [0.15, 0.2) is 0 Å². The van der Waals surface area contributed by atoms with Crippen molar-refractivity contribution in [1.29, 1.82) is 0 Å². The SMILES string of the molecule is FC(F)(F)c1ccc(-c2cc(-c3ccccn3)nc3ccccc23)cc1. The third-order valence-corrected chi connectivity index (χ3v) is 4.17. The summed E-state index contributed by atoms with van der Waals surface area (Å²) in [6, 6.07) is 20.2. The van der Waals surface area contributed by atoms with Crippen molar-refractivity contribution in [3.05, 3.63) is 84.6 Å². The molecule has 4 aromatic rings. The lowest BCUT2D eigenvalue weighted by atomic mass is 9.98. The van der Waals surface area contributed by atoms with E-state index in [1.807, 2.05) is 48.5 Å². The summed E-state index contributed by atoms with van der Waals surface area (Å²) in [5.74, 6) is 0. The molecular formula is C21H13F3N2. The lowest BCUT2D eigenvalue weighted by Gasteiger charge is -2.11. The first-order valence-electron chi connectivity index (χ1n) is 8.01. The molecule has 0 unspecified atom stereocenters. The molecule has 0 fully saturated rings. The zero-order valence-electron chi connectivity index (χ0n) is 13.5. The van der Waals surface area contributed by atoms with Gasteiger partial charge in [-0.05, 0) is 47.5 Å². The molecule has 2 aromatic carbocycles. The number of rotatable bonds is 2. The number of benzene rings is 2. The molecule has 0 aliphatic carbocycles. The standard InChI is InChI=1S/C21H13F3N2/c22-21(23,24)15-10-8-14(9-11-15)17-13-20(19-7-3-4-12-25-19)26-18-6-2-1-5-16(17)18/h1-13H. The lowest BCUT2D eigenvalue weighted by Crippen LogP contribution is -2.04. The van der Waals surface area contributed by atoms with Gasteiger partial charge in [0.2, 0.25) is 0 Å².